The van der Waals surface area contributed by atoms with Crippen molar-refractivity contribution in [2.24, 2.45) is 0 Å². The lowest BCUT2D eigenvalue weighted by molar-refractivity contribution is -0.267. The molecule has 0 bridgehead atoms. The van der Waals surface area contributed by atoms with Crippen LogP contribution in [0.2, 0.25) is 10.0 Å². The number of esters is 4. The SMILES string of the molecule is [2H]CC(=O)OC[C@H]1OC(n2cc(Cc3ccc(Cl)cc3)c3c(Cl)cccc32)[C@H](OC(=O)C[2H])[C@@H](OC(=O)C[2H])[C@@H]1OC(=O)C[2H]. The molecule has 4 rings (SSSR count). The summed E-state index contributed by atoms with van der Waals surface area (Å²) < 4.78 is 59.3. The molecule has 12 heteroatoms. The van der Waals surface area contributed by atoms with Gasteiger partial charge in [-0.25, -0.2) is 0 Å². The summed E-state index contributed by atoms with van der Waals surface area (Å²) in [5.74, 6) is -4.07. The molecule has 1 saturated heterocycles. The molecule has 1 aliphatic rings. The summed E-state index contributed by atoms with van der Waals surface area (Å²) in [4.78, 5) is 49.3. The van der Waals surface area contributed by atoms with Crippen LogP contribution in [0.25, 0.3) is 10.9 Å². The number of ether oxygens (including phenoxy) is 5. The summed E-state index contributed by atoms with van der Waals surface area (Å²) in [6, 6.07) is 12.3. The second-order valence-corrected chi connectivity index (χ2v) is 9.95. The van der Waals surface area contributed by atoms with Gasteiger partial charge in [-0.2, -0.15) is 0 Å². The lowest BCUT2D eigenvalue weighted by atomic mass is 9.97. The van der Waals surface area contributed by atoms with Crippen LogP contribution < -0.4 is 0 Å². The Labute approximate surface area is 251 Å². The molecule has 2 heterocycles. The highest BCUT2D eigenvalue weighted by Crippen LogP contribution is 2.39. The van der Waals surface area contributed by atoms with Crippen molar-refractivity contribution < 1.29 is 48.3 Å². The molecule has 5 atom stereocenters. The fourth-order valence-corrected chi connectivity index (χ4v) is 5.22. The number of carbonyl (C=O) groups is 4. The fraction of sp³-hybridized carbons (Fsp3) is 0.379. The molecule has 0 aliphatic carbocycles. The minimum absolute atomic E-state index is 0.389. The zero-order chi connectivity index (χ0) is 32.7. The highest BCUT2D eigenvalue weighted by molar-refractivity contribution is 6.35. The van der Waals surface area contributed by atoms with Crippen molar-refractivity contribution in [2.45, 2.75) is 64.7 Å². The van der Waals surface area contributed by atoms with Crippen LogP contribution in [0.3, 0.4) is 0 Å². The fourth-order valence-electron chi connectivity index (χ4n) is 4.80. The van der Waals surface area contributed by atoms with Crippen molar-refractivity contribution >= 4 is 58.0 Å². The number of fused-ring (bicyclic) bond motifs is 1. The van der Waals surface area contributed by atoms with E-state index >= 15 is 0 Å². The van der Waals surface area contributed by atoms with Gasteiger partial charge in [-0.05, 0) is 41.8 Å². The van der Waals surface area contributed by atoms with Gasteiger partial charge >= 0.3 is 23.9 Å². The maximum atomic E-state index is 12.6. The number of rotatable bonds is 8. The van der Waals surface area contributed by atoms with Gasteiger partial charge in [0.15, 0.2) is 24.5 Å². The largest absolute Gasteiger partial charge is 0.463 e. The molecule has 1 aromatic heterocycles. The first-order valence-corrected chi connectivity index (χ1v) is 12.9. The third kappa shape index (κ3) is 7.19. The Bertz CT molecular complexity index is 1540. The van der Waals surface area contributed by atoms with E-state index in [1.165, 1.54) is 0 Å². The van der Waals surface area contributed by atoms with Gasteiger partial charge in [0.05, 0.1) is 10.5 Å². The third-order valence-electron chi connectivity index (χ3n) is 6.29. The quantitative estimate of drug-likeness (QED) is 0.262. The van der Waals surface area contributed by atoms with Crippen molar-refractivity contribution in [3.8, 4) is 0 Å². The van der Waals surface area contributed by atoms with E-state index in [1.807, 2.05) is 12.1 Å². The van der Waals surface area contributed by atoms with E-state index in [2.05, 4.69) is 0 Å². The van der Waals surface area contributed by atoms with E-state index < -0.39 is 88.7 Å². The van der Waals surface area contributed by atoms with E-state index in [1.54, 1.807) is 41.1 Å². The normalized spacial score (nSPS) is 23.4. The van der Waals surface area contributed by atoms with Crippen LogP contribution in [-0.4, -0.2) is 59.5 Å². The van der Waals surface area contributed by atoms with Crippen molar-refractivity contribution in [3.63, 3.8) is 0 Å². The van der Waals surface area contributed by atoms with Crippen LogP contribution in [0.1, 0.15) is 50.4 Å². The Hall–Kier alpha value is -3.60. The molecule has 0 spiro atoms. The average molecular weight is 610 g/mol. The highest BCUT2D eigenvalue weighted by atomic mass is 35.5. The first kappa shape index (κ1) is 25.1. The first-order chi connectivity index (χ1) is 21.6. The molecular weight excluding hydrogens is 577 g/mol. The third-order valence-corrected chi connectivity index (χ3v) is 6.86. The predicted molar refractivity (Wildman–Crippen MR) is 148 cm³/mol. The Morgan fingerprint density at radius 1 is 0.854 bits per heavy atom. The molecular formula is C29H29Cl2NO9. The predicted octanol–water partition coefficient (Wildman–Crippen LogP) is 4.79. The van der Waals surface area contributed by atoms with Crippen LogP contribution in [0, 0.1) is 0 Å². The summed E-state index contributed by atoms with van der Waals surface area (Å²) in [7, 11) is 0. The van der Waals surface area contributed by atoms with Crippen LogP contribution >= 0.6 is 23.2 Å². The lowest BCUT2D eigenvalue weighted by Gasteiger charge is -2.44. The number of hydrogen-bond acceptors (Lipinski definition) is 9. The molecule has 41 heavy (non-hydrogen) atoms. The average Bonchev–Trinajstić information content (AvgIpc) is 3.41. The molecule has 0 N–H and O–H groups in total. The first-order valence-electron chi connectivity index (χ1n) is 15.0. The number of nitrogens with zero attached hydrogens (tertiary/aromatic N) is 1. The Morgan fingerprint density at radius 2 is 1.49 bits per heavy atom. The molecule has 2 aromatic carbocycles. The van der Waals surface area contributed by atoms with Crippen LogP contribution in [-0.2, 0) is 49.3 Å². The second kappa shape index (κ2) is 12.9. The molecule has 1 aliphatic heterocycles. The molecule has 10 nitrogen and oxygen atoms in total. The van der Waals surface area contributed by atoms with Crippen molar-refractivity contribution in [1.29, 1.82) is 0 Å². The van der Waals surface area contributed by atoms with Crippen LogP contribution in [0.5, 0.6) is 0 Å². The van der Waals surface area contributed by atoms with E-state index in [0.29, 0.717) is 27.4 Å². The van der Waals surface area contributed by atoms with Crippen LogP contribution in [0.15, 0.2) is 48.7 Å². The van der Waals surface area contributed by atoms with Gasteiger partial charge in [0.25, 0.3) is 0 Å². The Balaban J connectivity index is 1.89. The molecule has 0 amide bonds. The van der Waals surface area contributed by atoms with E-state index in [-0.39, 0.29) is 0 Å². The zero-order valence-electron chi connectivity index (χ0n) is 25.6. The minimum atomic E-state index is -1.62. The van der Waals surface area contributed by atoms with Gasteiger partial charge in [-0.1, -0.05) is 41.4 Å². The van der Waals surface area contributed by atoms with Gasteiger partial charge in [-0.3, -0.25) is 19.2 Å². The number of halogens is 2. The van der Waals surface area contributed by atoms with E-state index in [0.717, 1.165) is 11.1 Å². The highest BCUT2D eigenvalue weighted by Gasteiger charge is 2.53. The molecule has 1 fully saturated rings. The number of carbonyl (C=O) groups excluding carboxylic acids is 4. The molecule has 0 saturated carbocycles. The van der Waals surface area contributed by atoms with Gasteiger partial charge in [-0.15, -0.1) is 0 Å². The topological polar surface area (TPSA) is 119 Å². The van der Waals surface area contributed by atoms with E-state index in [9.17, 15) is 19.2 Å². The van der Waals surface area contributed by atoms with Crippen molar-refractivity contribution in [3.05, 3.63) is 69.8 Å². The summed E-state index contributed by atoms with van der Waals surface area (Å²) in [5.41, 5.74) is 2.13. The van der Waals surface area contributed by atoms with Gasteiger partial charge < -0.3 is 28.3 Å². The van der Waals surface area contributed by atoms with Crippen molar-refractivity contribution in [1.82, 2.24) is 4.57 Å². The maximum absolute atomic E-state index is 12.6. The molecule has 0 radical (unpaired) electrons. The summed E-state index contributed by atoms with van der Waals surface area (Å²) in [6.07, 6.45) is -5.35. The second-order valence-electron chi connectivity index (χ2n) is 9.11. The molecule has 1 unspecified atom stereocenters. The summed E-state index contributed by atoms with van der Waals surface area (Å²) in [6.45, 7) is -3.78. The Morgan fingerprint density at radius 3 is 2.15 bits per heavy atom. The number of hydrogen-bond donors (Lipinski definition) is 0. The Kier molecular flexibility index (Phi) is 7.93. The minimum Gasteiger partial charge on any atom is -0.463 e. The molecule has 218 valence electrons. The van der Waals surface area contributed by atoms with Crippen molar-refractivity contribution in [2.75, 3.05) is 6.61 Å². The number of aromatic nitrogens is 1. The summed E-state index contributed by atoms with van der Waals surface area (Å²) in [5, 5.41) is 1.58. The summed E-state index contributed by atoms with van der Waals surface area (Å²) >= 11 is 12.7. The van der Waals surface area contributed by atoms with Crippen LogP contribution in [0.4, 0.5) is 0 Å². The smallest absolute Gasteiger partial charge is 0.303 e. The zero-order valence-corrected chi connectivity index (χ0v) is 23.1. The van der Waals surface area contributed by atoms with Gasteiger partial charge in [0, 0.05) is 49.7 Å². The maximum Gasteiger partial charge on any atom is 0.303 e. The van der Waals surface area contributed by atoms with Gasteiger partial charge in [0.2, 0.25) is 0 Å². The standard InChI is InChI=1S/C29H29Cl2NO9/c1-15(33)37-14-24-26(38-16(2)34)27(39-17(3)35)28(40-18(4)36)29(41-24)32-13-20(12-19-8-10-21(30)11-9-19)25-22(31)6-5-7-23(25)32/h5-11,13,24,26-29H,12,14H2,1-4H3/t24-,26-,27+,28-,29?/m1/s1/i1D,2D,3D,4D. The number of benzene rings is 2. The monoisotopic (exact) mass is 609 g/mol. The molecule has 3 aromatic rings. The van der Waals surface area contributed by atoms with Gasteiger partial charge in [0.1, 0.15) is 12.7 Å². The lowest BCUT2D eigenvalue weighted by Crippen LogP contribution is -2.60. The van der Waals surface area contributed by atoms with E-state index in [4.69, 9.17) is 52.4 Å².